The van der Waals surface area contributed by atoms with Crippen LogP contribution in [0.5, 0.6) is 28.7 Å². The van der Waals surface area contributed by atoms with Crippen LogP contribution in [0.1, 0.15) is 50.6 Å². The third-order valence-corrected chi connectivity index (χ3v) is 9.03. The number of ether oxygens (including phenoxy) is 4. The van der Waals surface area contributed by atoms with Crippen molar-refractivity contribution in [1.82, 2.24) is 9.88 Å². The van der Waals surface area contributed by atoms with E-state index in [0.29, 0.717) is 43.2 Å². The van der Waals surface area contributed by atoms with Gasteiger partial charge in [-0.25, -0.2) is 0 Å². The molecule has 2 amide bonds. The first-order chi connectivity index (χ1) is 24.3. The van der Waals surface area contributed by atoms with Crippen LogP contribution in [-0.4, -0.2) is 49.6 Å². The predicted molar refractivity (Wildman–Crippen MR) is 192 cm³/mol. The number of carbonyl (C=O) groups excluding carboxylic acids is 2. The molecular weight excluding hydrogens is 630 g/mol. The van der Waals surface area contributed by atoms with E-state index >= 15 is 0 Å². The summed E-state index contributed by atoms with van der Waals surface area (Å²) in [6, 6.07) is 30.6. The highest BCUT2D eigenvalue weighted by molar-refractivity contribution is 5.98. The van der Waals surface area contributed by atoms with E-state index in [1.165, 1.54) is 0 Å². The summed E-state index contributed by atoms with van der Waals surface area (Å²) in [5, 5.41) is 0. The van der Waals surface area contributed by atoms with Gasteiger partial charge in [-0.3, -0.25) is 14.6 Å². The Balaban J connectivity index is 1.23. The van der Waals surface area contributed by atoms with Gasteiger partial charge in [0.05, 0.1) is 21.3 Å². The Labute approximate surface area is 293 Å². The van der Waals surface area contributed by atoms with Crippen molar-refractivity contribution >= 4 is 17.5 Å². The van der Waals surface area contributed by atoms with Crippen LogP contribution < -0.4 is 23.8 Å². The third kappa shape index (κ3) is 7.57. The molecule has 1 aliphatic rings. The number of rotatable bonds is 12. The number of methoxy groups -OCH3 is 3. The minimum atomic E-state index is -0.245. The summed E-state index contributed by atoms with van der Waals surface area (Å²) in [4.78, 5) is 35.5. The maximum absolute atomic E-state index is 14.1. The number of hydrogen-bond acceptors (Lipinski definition) is 7. The van der Waals surface area contributed by atoms with Crippen molar-refractivity contribution < 1.29 is 28.5 Å². The van der Waals surface area contributed by atoms with Gasteiger partial charge in [-0.2, -0.15) is 0 Å². The first kappa shape index (κ1) is 34.0. The van der Waals surface area contributed by atoms with E-state index in [0.717, 1.165) is 45.1 Å². The first-order valence-corrected chi connectivity index (χ1v) is 16.5. The number of nitrogens with zero attached hydrogens (tertiary/aromatic N) is 3. The van der Waals surface area contributed by atoms with Crippen LogP contribution >= 0.6 is 0 Å². The van der Waals surface area contributed by atoms with Gasteiger partial charge in [-0.1, -0.05) is 48.5 Å². The highest BCUT2D eigenvalue weighted by Gasteiger charge is 2.33. The van der Waals surface area contributed by atoms with Crippen LogP contribution in [0.15, 0.2) is 103 Å². The number of anilines is 1. The van der Waals surface area contributed by atoms with Gasteiger partial charge in [0.15, 0.2) is 11.5 Å². The quantitative estimate of drug-likeness (QED) is 0.133. The molecule has 6 rings (SSSR count). The second-order valence-corrected chi connectivity index (χ2v) is 12.4. The van der Waals surface area contributed by atoms with Gasteiger partial charge in [0, 0.05) is 43.9 Å². The molecule has 1 saturated heterocycles. The summed E-state index contributed by atoms with van der Waals surface area (Å²) in [7, 11) is 4.86. The van der Waals surface area contributed by atoms with E-state index in [2.05, 4.69) is 4.98 Å². The second kappa shape index (κ2) is 15.2. The summed E-state index contributed by atoms with van der Waals surface area (Å²) in [5.41, 5.74) is 5.80. The topological polar surface area (TPSA) is 90.4 Å². The molecule has 2 heterocycles. The van der Waals surface area contributed by atoms with Crippen molar-refractivity contribution in [2.45, 2.75) is 39.3 Å². The normalized spacial score (nSPS) is 14.0. The molecule has 4 aromatic carbocycles. The van der Waals surface area contributed by atoms with E-state index in [9.17, 15) is 9.59 Å². The van der Waals surface area contributed by atoms with Gasteiger partial charge in [-0.05, 0) is 90.2 Å². The average molecular weight is 672 g/mol. The molecule has 50 heavy (non-hydrogen) atoms. The predicted octanol–water partition coefficient (Wildman–Crippen LogP) is 7.88. The highest BCUT2D eigenvalue weighted by Crippen LogP contribution is 2.39. The lowest BCUT2D eigenvalue weighted by molar-refractivity contribution is -0.117. The van der Waals surface area contributed by atoms with Crippen molar-refractivity contribution in [2.75, 3.05) is 32.8 Å². The van der Waals surface area contributed by atoms with Crippen LogP contribution in [0.3, 0.4) is 0 Å². The number of hydrogen-bond donors (Lipinski definition) is 0. The number of amides is 2. The molecule has 1 aliphatic heterocycles. The van der Waals surface area contributed by atoms with Crippen molar-refractivity contribution in [3.8, 4) is 28.7 Å². The van der Waals surface area contributed by atoms with Crippen LogP contribution in [0.4, 0.5) is 5.69 Å². The SMILES string of the molecule is COc1ccc(CN(Cc2ccc(OC)cc2)C(=O)c2cc(N3C[C@@H](c4ccc(OC)c(Oc5c(C)cccc5C)c4)CC3=O)ccn2)cc1. The van der Waals surface area contributed by atoms with Crippen molar-refractivity contribution in [2.24, 2.45) is 0 Å². The van der Waals surface area contributed by atoms with Crippen LogP contribution in [0, 0.1) is 13.8 Å². The molecule has 0 spiro atoms. The fourth-order valence-corrected chi connectivity index (χ4v) is 6.25. The lowest BCUT2D eigenvalue weighted by atomic mass is 9.98. The summed E-state index contributed by atoms with van der Waals surface area (Å²) in [6.45, 7) is 5.19. The summed E-state index contributed by atoms with van der Waals surface area (Å²) in [5.74, 6) is 3.12. The maximum atomic E-state index is 14.1. The zero-order valence-corrected chi connectivity index (χ0v) is 29.0. The van der Waals surface area contributed by atoms with E-state index in [-0.39, 0.29) is 23.4 Å². The molecule has 1 atom stereocenters. The lowest BCUT2D eigenvalue weighted by Gasteiger charge is -2.24. The lowest BCUT2D eigenvalue weighted by Crippen LogP contribution is -2.31. The van der Waals surface area contributed by atoms with Crippen LogP contribution in [0.25, 0.3) is 0 Å². The van der Waals surface area contributed by atoms with E-state index in [4.69, 9.17) is 18.9 Å². The molecule has 0 bridgehead atoms. The fraction of sp³-hybridized carbons (Fsp3) is 0.244. The minimum Gasteiger partial charge on any atom is -0.497 e. The monoisotopic (exact) mass is 671 g/mol. The molecule has 9 heteroatoms. The number of aryl methyl sites for hydroxylation is 2. The molecule has 0 radical (unpaired) electrons. The Morgan fingerprint density at radius 2 is 1.40 bits per heavy atom. The smallest absolute Gasteiger partial charge is 0.273 e. The van der Waals surface area contributed by atoms with Gasteiger partial charge in [-0.15, -0.1) is 0 Å². The van der Waals surface area contributed by atoms with E-state index in [1.54, 1.807) is 49.5 Å². The summed E-state index contributed by atoms with van der Waals surface area (Å²) >= 11 is 0. The fourth-order valence-electron chi connectivity index (χ4n) is 6.25. The van der Waals surface area contributed by atoms with Crippen molar-refractivity contribution in [1.29, 1.82) is 0 Å². The molecule has 1 fully saturated rings. The van der Waals surface area contributed by atoms with Gasteiger partial charge in [0.2, 0.25) is 5.91 Å². The number of pyridine rings is 1. The maximum Gasteiger partial charge on any atom is 0.273 e. The van der Waals surface area contributed by atoms with E-state index in [1.807, 2.05) is 98.8 Å². The van der Waals surface area contributed by atoms with E-state index < -0.39 is 0 Å². The second-order valence-electron chi connectivity index (χ2n) is 12.4. The number of para-hydroxylation sites is 1. The summed E-state index contributed by atoms with van der Waals surface area (Å²) < 4.78 is 22.6. The molecule has 0 aliphatic carbocycles. The Morgan fingerprint density at radius 3 is 1.98 bits per heavy atom. The van der Waals surface area contributed by atoms with Gasteiger partial charge in [0.25, 0.3) is 5.91 Å². The molecule has 0 N–H and O–H groups in total. The number of benzene rings is 4. The highest BCUT2D eigenvalue weighted by atomic mass is 16.5. The molecule has 1 aromatic heterocycles. The zero-order valence-electron chi connectivity index (χ0n) is 29.0. The standard InChI is InChI=1S/C41H41N3O6/c1-27-7-6-8-28(2)40(27)50-38-21-31(13-18-37(38)49-5)32-22-39(45)44(26-32)33-19-20-42-36(23-33)41(46)43(24-29-9-14-34(47-3)15-10-29)25-30-11-16-35(48-4)17-12-30/h6-21,23,32H,22,24-26H2,1-5H3/t32-/m0/s1. The summed E-state index contributed by atoms with van der Waals surface area (Å²) in [6.07, 6.45) is 1.91. The average Bonchev–Trinajstić information content (AvgIpc) is 3.54. The molecule has 0 saturated carbocycles. The Kier molecular flexibility index (Phi) is 10.3. The van der Waals surface area contributed by atoms with Gasteiger partial charge < -0.3 is 28.7 Å². The van der Waals surface area contributed by atoms with Crippen molar-refractivity contribution in [3.63, 3.8) is 0 Å². The van der Waals surface area contributed by atoms with Gasteiger partial charge in [0.1, 0.15) is 22.9 Å². The molecular formula is C41H41N3O6. The number of carbonyl (C=O) groups is 2. The van der Waals surface area contributed by atoms with Gasteiger partial charge >= 0.3 is 0 Å². The molecule has 256 valence electrons. The van der Waals surface area contributed by atoms with Crippen LogP contribution in [0.2, 0.25) is 0 Å². The third-order valence-electron chi connectivity index (χ3n) is 9.03. The largest absolute Gasteiger partial charge is 0.497 e. The molecule has 5 aromatic rings. The number of aromatic nitrogens is 1. The minimum absolute atomic E-state index is 0.0269. The Hall–Kier alpha value is -5.83. The zero-order chi connectivity index (χ0) is 35.2. The molecule has 0 unspecified atom stereocenters. The van der Waals surface area contributed by atoms with Crippen LogP contribution in [-0.2, 0) is 17.9 Å². The first-order valence-electron chi connectivity index (χ1n) is 16.5. The Morgan fingerprint density at radius 1 is 0.780 bits per heavy atom. The van der Waals surface area contributed by atoms with Crippen molar-refractivity contribution in [3.05, 3.63) is 137 Å². The molecule has 9 nitrogen and oxygen atoms in total. The Bertz CT molecular complexity index is 1910.